The molecule has 2 aromatic rings. The number of hydrogen-bond donors (Lipinski definition) is 3. The number of benzene rings is 1. The fourth-order valence-corrected chi connectivity index (χ4v) is 3.67. The van der Waals surface area contributed by atoms with Crippen LogP contribution in [0.2, 0.25) is 0 Å². The molecule has 2 atom stereocenters. The summed E-state index contributed by atoms with van der Waals surface area (Å²) in [5.41, 5.74) is 2.19. The Labute approximate surface area is 148 Å². The highest BCUT2D eigenvalue weighted by Crippen LogP contribution is 2.26. The van der Waals surface area contributed by atoms with Crippen molar-refractivity contribution in [1.29, 1.82) is 0 Å². The van der Waals surface area contributed by atoms with Crippen LogP contribution in [0.4, 0.5) is 0 Å². The van der Waals surface area contributed by atoms with Gasteiger partial charge < -0.3 is 15.7 Å². The van der Waals surface area contributed by atoms with Gasteiger partial charge in [-0.05, 0) is 12.1 Å². The Bertz CT molecular complexity index is 610. The summed E-state index contributed by atoms with van der Waals surface area (Å²) in [5, 5.41) is 19.5. The molecular formula is C15H19BrClN3OS. The number of thiazole rings is 1. The summed E-state index contributed by atoms with van der Waals surface area (Å²) in [6.45, 7) is 3.15. The highest BCUT2D eigenvalue weighted by molar-refractivity contribution is 9.10. The minimum absolute atomic E-state index is 0. The first-order chi connectivity index (χ1) is 10.2. The van der Waals surface area contributed by atoms with Gasteiger partial charge in [0.2, 0.25) is 0 Å². The van der Waals surface area contributed by atoms with Crippen LogP contribution in [0.5, 0.6) is 0 Å². The second-order valence-corrected chi connectivity index (χ2v) is 7.04. The summed E-state index contributed by atoms with van der Waals surface area (Å²) < 4.78 is 1.07. The summed E-state index contributed by atoms with van der Waals surface area (Å²) in [6.07, 6.45) is -0.231. The quantitative estimate of drug-likeness (QED) is 0.717. The number of nitrogens with zero attached hydrogens (tertiary/aromatic N) is 1. The van der Waals surface area contributed by atoms with Crippen molar-refractivity contribution in [1.82, 2.24) is 15.6 Å². The van der Waals surface area contributed by atoms with E-state index in [9.17, 15) is 5.11 Å². The van der Waals surface area contributed by atoms with E-state index in [1.54, 1.807) is 11.3 Å². The first-order valence-corrected chi connectivity index (χ1v) is 8.69. The van der Waals surface area contributed by atoms with Crippen LogP contribution in [0.25, 0.3) is 10.6 Å². The molecule has 3 rings (SSSR count). The normalized spacial score (nSPS) is 20.8. The van der Waals surface area contributed by atoms with Crippen LogP contribution in [0.3, 0.4) is 0 Å². The third-order valence-corrected chi connectivity index (χ3v) is 5.07. The zero-order valence-corrected chi connectivity index (χ0v) is 15.2. The third-order valence-electron chi connectivity index (χ3n) is 3.64. The lowest BCUT2D eigenvalue weighted by molar-refractivity contribution is 0.146. The largest absolute Gasteiger partial charge is 0.391 e. The number of rotatable bonds is 5. The number of aromatic nitrogens is 1. The zero-order valence-electron chi connectivity index (χ0n) is 12.0. The topological polar surface area (TPSA) is 57.2 Å². The lowest BCUT2D eigenvalue weighted by Gasteiger charge is -2.13. The van der Waals surface area contributed by atoms with Crippen molar-refractivity contribution < 1.29 is 5.11 Å². The van der Waals surface area contributed by atoms with E-state index >= 15 is 0 Å². The van der Waals surface area contributed by atoms with Crippen molar-refractivity contribution in [2.75, 3.05) is 19.6 Å². The van der Waals surface area contributed by atoms with E-state index in [4.69, 9.17) is 0 Å². The van der Waals surface area contributed by atoms with Crippen LogP contribution in [0, 0.1) is 5.92 Å². The number of aliphatic hydroxyl groups excluding tert-OH is 1. The first-order valence-electron chi connectivity index (χ1n) is 7.02. The molecular weight excluding hydrogens is 386 g/mol. The van der Waals surface area contributed by atoms with E-state index in [0.29, 0.717) is 12.5 Å². The Morgan fingerprint density at radius 2 is 2.27 bits per heavy atom. The molecule has 0 aliphatic carbocycles. The van der Waals surface area contributed by atoms with Gasteiger partial charge in [-0.25, -0.2) is 4.98 Å². The van der Waals surface area contributed by atoms with Gasteiger partial charge in [-0.15, -0.1) is 23.7 Å². The Morgan fingerprint density at radius 3 is 3.00 bits per heavy atom. The zero-order chi connectivity index (χ0) is 14.7. The van der Waals surface area contributed by atoms with Gasteiger partial charge in [0, 0.05) is 47.5 Å². The lowest BCUT2D eigenvalue weighted by Crippen LogP contribution is -2.30. The number of nitrogens with one attached hydrogen (secondary N) is 2. The Balaban J connectivity index is 0.00000176. The van der Waals surface area contributed by atoms with Crippen LogP contribution < -0.4 is 10.6 Å². The number of β-amino-alcohol motifs (C(OH)–C–C–N with tert-alkyl or cyclic N) is 1. The molecule has 1 saturated heterocycles. The maximum Gasteiger partial charge on any atom is 0.123 e. The minimum Gasteiger partial charge on any atom is -0.391 e. The smallest absolute Gasteiger partial charge is 0.123 e. The lowest BCUT2D eigenvalue weighted by atomic mass is 10.1. The van der Waals surface area contributed by atoms with Crippen molar-refractivity contribution in [2.24, 2.45) is 5.92 Å². The van der Waals surface area contributed by atoms with Gasteiger partial charge in [0.15, 0.2) is 0 Å². The maximum atomic E-state index is 9.74. The molecule has 7 heteroatoms. The second-order valence-electron chi connectivity index (χ2n) is 5.27. The van der Waals surface area contributed by atoms with Crippen LogP contribution >= 0.6 is 39.7 Å². The monoisotopic (exact) mass is 403 g/mol. The van der Waals surface area contributed by atoms with E-state index in [0.717, 1.165) is 40.4 Å². The molecule has 3 N–H and O–H groups in total. The fourth-order valence-electron chi connectivity index (χ4n) is 2.46. The van der Waals surface area contributed by atoms with Gasteiger partial charge in [-0.3, -0.25) is 0 Å². The fraction of sp³-hybridized carbons (Fsp3) is 0.400. The van der Waals surface area contributed by atoms with Gasteiger partial charge in [0.1, 0.15) is 5.01 Å². The minimum atomic E-state index is -0.231. The van der Waals surface area contributed by atoms with Crippen molar-refractivity contribution in [2.45, 2.75) is 12.6 Å². The molecule has 1 aliphatic heterocycles. The molecule has 1 aliphatic rings. The predicted molar refractivity (Wildman–Crippen MR) is 96.6 cm³/mol. The highest BCUT2D eigenvalue weighted by atomic mass is 79.9. The molecule has 2 unspecified atom stereocenters. The third kappa shape index (κ3) is 4.50. The molecule has 1 fully saturated rings. The molecule has 120 valence electrons. The summed E-state index contributed by atoms with van der Waals surface area (Å²) >= 11 is 5.15. The van der Waals surface area contributed by atoms with Gasteiger partial charge in [0.25, 0.3) is 0 Å². The van der Waals surface area contributed by atoms with Crippen molar-refractivity contribution >= 4 is 39.7 Å². The maximum absolute atomic E-state index is 9.74. The van der Waals surface area contributed by atoms with Crippen molar-refractivity contribution in [3.63, 3.8) is 0 Å². The van der Waals surface area contributed by atoms with E-state index in [1.165, 1.54) is 0 Å². The average Bonchev–Trinajstić information content (AvgIpc) is 3.09. The first kappa shape index (κ1) is 17.8. The Kier molecular flexibility index (Phi) is 6.80. The summed E-state index contributed by atoms with van der Waals surface area (Å²) in [6, 6.07) is 8.19. The van der Waals surface area contributed by atoms with Gasteiger partial charge in [-0.1, -0.05) is 28.1 Å². The van der Waals surface area contributed by atoms with Gasteiger partial charge >= 0.3 is 0 Å². The second kappa shape index (κ2) is 8.38. The van der Waals surface area contributed by atoms with Crippen LogP contribution in [-0.2, 0) is 6.54 Å². The Hall–Kier alpha value is -0.500. The van der Waals surface area contributed by atoms with Gasteiger partial charge in [-0.2, -0.15) is 0 Å². The van der Waals surface area contributed by atoms with Gasteiger partial charge in [0.05, 0.1) is 11.8 Å². The van der Waals surface area contributed by atoms with Crippen LogP contribution in [0.1, 0.15) is 5.69 Å². The molecule has 0 spiro atoms. The van der Waals surface area contributed by atoms with Crippen molar-refractivity contribution in [3.8, 4) is 10.6 Å². The molecule has 1 aromatic heterocycles. The van der Waals surface area contributed by atoms with E-state index < -0.39 is 0 Å². The standard InChI is InChI=1S/C15H18BrN3OS.ClH/c16-12-3-1-2-10(4-12)15-19-13(9-21-15)7-17-5-11-6-18-8-14(11)20;/h1-4,9,11,14,17-18,20H,5-8H2;1H. The highest BCUT2D eigenvalue weighted by Gasteiger charge is 2.24. The molecule has 0 saturated carbocycles. The average molecular weight is 405 g/mol. The van der Waals surface area contributed by atoms with E-state index in [2.05, 4.69) is 49.1 Å². The van der Waals surface area contributed by atoms with Crippen LogP contribution in [-0.4, -0.2) is 35.8 Å². The Morgan fingerprint density at radius 1 is 1.41 bits per heavy atom. The van der Waals surface area contributed by atoms with Crippen molar-refractivity contribution in [3.05, 3.63) is 39.8 Å². The molecule has 1 aromatic carbocycles. The van der Waals surface area contributed by atoms with E-state index in [1.807, 2.05) is 12.1 Å². The summed E-state index contributed by atoms with van der Waals surface area (Å²) in [4.78, 5) is 4.66. The van der Waals surface area contributed by atoms with Crippen LogP contribution in [0.15, 0.2) is 34.1 Å². The summed E-state index contributed by atoms with van der Waals surface area (Å²) in [5.74, 6) is 0.299. The number of halogens is 2. The SMILES string of the molecule is Cl.OC1CNCC1CNCc1csc(-c2cccc(Br)c2)n1. The van der Waals surface area contributed by atoms with E-state index in [-0.39, 0.29) is 18.5 Å². The molecule has 0 amide bonds. The molecule has 0 bridgehead atoms. The summed E-state index contributed by atoms with van der Waals surface area (Å²) in [7, 11) is 0. The molecule has 4 nitrogen and oxygen atoms in total. The molecule has 2 heterocycles. The predicted octanol–water partition coefficient (Wildman–Crippen LogP) is 2.66. The number of aliphatic hydroxyl groups is 1. The number of hydrogen-bond acceptors (Lipinski definition) is 5. The molecule has 22 heavy (non-hydrogen) atoms. The molecule has 0 radical (unpaired) electrons.